The van der Waals surface area contributed by atoms with E-state index in [-0.39, 0.29) is 0 Å². The summed E-state index contributed by atoms with van der Waals surface area (Å²) in [6, 6.07) is 0. The Labute approximate surface area is 113 Å². The van der Waals surface area contributed by atoms with Gasteiger partial charge in [-0.15, -0.1) is 0 Å². The lowest BCUT2D eigenvalue weighted by Crippen LogP contribution is -2.33. The van der Waals surface area contributed by atoms with E-state index >= 15 is 0 Å². The van der Waals surface area contributed by atoms with Gasteiger partial charge >= 0.3 is 0 Å². The van der Waals surface area contributed by atoms with Crippen molar-refractivity contribution < 1.29 is 4.74 Å². The highest BCUT2D eigenvalue weighted by Gasteiger charge is 2.28. The molecule has 1 saturated carbocycles. The topological polar surface area (TPSA) is 33.3 Å². The van der Waals surface area contributed by atoms with Gasteiger partial charge in [-0.3, -0.25) is 0 Å². The first-order chi connectivity index (χ1) is 8.72. The zero-order valence-electron chi connectivity index (χ0n) is 12.5. The third-order valence-electron chi connectivity index (χ3n) is 3.58. The van der Waals surface area contributed by atoms with E-state index in [0.717, 1.165) is 38.1 Å². The molecule has 0 atom stereocenters. The predicted octanol–water partition coefficient (Wildman–Crippen LogP) is 2.42. The van der Waals surface area contributed by atoms with E-state index in [2.05, 4.69) is 31.4 Å². The van der Waals surface area contributed by atoms with Crippen molar-refractivity contribution in [2.45, 2.75) is 52.6 Å². The molecule has 1 aliphatic carbocycles. The van der Waals surface area contributed by atoms with E-state index in [9.17, 15) is 0 Å². The van der Waals surface area contributed by atoms with Crippen molar-refractivity contribution in [2.24, 2.45) is 11.8 Å². The highest BCUT2D eigenvalue weighted by Crippen LogP contribution is 2.32. The molecule has 0 radical (unpaired) electrons. The fraction of sp³-hybridized carbons (Fsp3) is 1.00. The SMILES string of the molecule is CCOC1CC(CCNCCCNCC(C)C)C1. The van der Waals surface area contributed by atoms with Gasteiger partial charge in [-0.2, -0.15) is 0 Å². The Balaban J connectivity index is 1.75. The number of rotatable bonds is 11. The first kappa shape index (κ1) is 15.9. The maximum atomic E-state index is 5.57. The van der Waals surface area contributed by atoms with Crippen molar-refractivity contribution in [3.8, 4) is 0 Å². The van der Waals surface area contributed by atoms with Gasteiger partial charge in [-0.05, 0) is 70.6 Å². The van der Waals surface area contributed by atoms with Crippen LogP contribution in [0, 0.1) is 11.8 Å². The first-order valence-electron chi connectivity index (χ1n) is 7.75. The smallest absolute Gasteiger partial charge is 0.0580 e. The van der Waals surface area contributed by atoms with Gasteiger partial charge in [0.25, 0.3) is 0 Å². The van der Waals surface area contributed by atoms with Gasteiger partial charge in [0.1, 0.15) is 0 Å². The molecule has 0 aromatic rings. The molecule has 0 saturated heterocycles. The third kappa shape index (κ3) is 7.34. The molecule has 0 heterocycles. The zero-order chi connectivity index (χ0) is 13.2. The van der Waals surface area contributed by atoms with Gasteiger partial charge in [0.15, 0.2) is 0 Å². The van der Waals surface area contributed by atoms with Crippen LogP contribution in [0.4, 0.5) is 0 Å². The van der Waals surface area contributed by atoms with Gasteiger partial charge in [-0.1, -0.05) is 13.8 Å². The molecule has 0 aromatic heterocycles. The van der Waals surface area contributed by atoms with Crippen LogP contribution >= 0.6 is 0 Å². The Morgan fingerprint density at radius 3 is 2.50 bits per heavy atom. The minimum Gasteiger partial charge on any atom is -0.378 e. The molecule has 0 amide bonds. The molecule has 108 valence electrons. The second-order valence-corrected chi connectivity index (χ2v) is 5.90. The summed E-state index contributed by atoms with van der Waals surface area (Å²) in [4.78, 5) is 0. The number of nitrogens with one attached hydrogen (secondary N) is 2. The number of hydrogen-bond donors (Lipinski definition) is 2. The molecule has 3 nitrogen and oxygen atoms in total. The van der Waals surface area contributed by atoms with Crippen molar-refractivity contribution in [1.29, 1.82) is 0 Å². The second kappa shape index (κ2) is 9.76. The van der Waals surface area contributed by atoms with Crippen molar-refractivity contribution in [2.75, 3.05) is 32.8 Å². The molecule has 0 aromatic carbocycles. The fourth-order valence-corrected chi connectivity index (χ4v) is 2.44. The summed E-state index contributed by atoms with van der Waals surface area (Å²) in [7, 11) is 0. The third-order valence-corrected chi connectivity index (χ3v) is 3.58. The molecular formula is C15H32N2O. The van der Waals surface area contributed by atoms with Crippen molar-refractivity contribution in [1.82, 2.24) is 10.6 Å². The maximum absolute atomic E-state index is 5.57. The quantitative estimate of drug-likeness (QED) is 0.557. The normalized spacial score (nSPS) is 23.3. The van der Waals surface area contributed by atoms with E-state index < -0.39 is 0 Å². The van der Waals surface area contributed by atoms with Crippen molar-refractivity contribution in [3.63, 3.8) is 0 Å². The van der Waals surface area contributed by atoms with Gasteiger partial charge in [-0.25, -0.2) is 0 Å². The second-order valence-electron chi connectivity index (χ2n) is 5.90. The molecule has 0 unspecified atom stereocenters. The van der Waals surface area contributed by atoms with Crippen LogP contribution in [0.3, 0.4) is 0 Å². The standard InChI is InChI=1S/C15H32N2O/c1-4-18-15-10-14(11-15)6-9-16-7-5-8-17-12-13(2)3/h13-17H,4-12H2,1-3H3. The predicted molar refractivity (Wildman–Crippen MR) is 77.9 cm³/mol. The molecule has 1 aliphatic rings. The summed E-state index contributed by atoms with van der Waals surface area (Å²) in [5.41, 5.74) is 0. The minimum atomic E-state index is 0.570. The molecule has 1 fully saturated rings. The van der Waals surface area contributed by atoms with Crippen LogP contribution in [0.1, 0.15) is 46.5 Å². The Morgan fingerprint density at radius 1 is 1.11 bits per heavy atom. The van der Waals surface area contributed by atoms with Crippen LogP contribution < -0.4 is 10.6 Å². The summed E-state index contributed by atoms with van der Waals surface area (Å²) < 4.78 is 5.57. The highest BCUT2D eigenvalue weighted by atomic mass is 16.5. The van der Waals surface area contributed by atoms with Gasteiger partial charge in [0.05, 0.1) is 6.10 Å². The lowest BCUT2D eigenvalue weighted by atomic mass is 9.80. The van der Waals surface area contributed by atoms with Crippen LogP contribution in [0.2, 0.25) is 0 Å². The Morgan fingerprint density at radius 2 is 1.83 bits per heavy atom. The summed E-state index contributed by atoms with van der Waals surface area (Å²) in [5.74, 6) is 1.67. The van der Waals surface area contributed by atoms with Gasteiger partial charge in [0, 0.05) is 6.61 Å². The molecular weight excluding hydrogens is 224 g/mol. The van der Waals surface area contributed by atoms with E-state index in [1.54, 1.807) is 0 Å². The molecule has 0 spiro atoms. The Bertz CT molecular complexity index is 191. The molecule has 0 aliphatic heterocycles. The summed E-state index contributed by atoms with van der Waals surface area (Å²) in [5, 5.41) is 7.01. The summed E-state index contributed by atoms with van der Waals surface area (Å²) in [6.07, 6.45) is 5.69. The lowest BCUT2D eigenvalue weighted by Gasteiger charge is -2.35. The van der Waals surface area contributed by atoms with Crippen molar-refractivity contribution in [3.05, 3.63) is 0 Å². The number of ether oxygens (including phenoxy) is 1. The Kier molecular flexibility index (Phi) is 8.64. The minimum absolute atomic E-state index is 0.570. The number of hydrogen-bond acceptors (Lipinski definition) is 3. The molecule has 2 N–H and O–H groups in total. The zero-order valence-corrected chi connectivity index (χ0v) is 12.5. The fourth-order valence-electron chi connectivity index (χ4n) is 2.44. The van der Waals surface area contributed by atoms with E-state index in [0.29, 0.717) is 6.10 Å². The monoisotopic (exact) mass is 256 g/mol. The summed E-state index contributed by atoms with van der Waals surface area (Å²) >= 11 is 0. The Hall–Kier alpha value is -0.120. The van der Waals surface area contributed by atoms with E-state index in [1.807, 2.05) is 0 Å². The van der Waals surface area contributed by atoms with Crippen LogP contribution in [0.5, 0.6) is 0 Å². The van der Waals surface area contributed by atoms with Crippen LogP contribution in [0.25, 0.3) is 0 Å². The molecule has 3 heteroatoms. The lowest BCUT2D eigenvalue weighted by molar-refractivity contribution is -0.0262. The van der Waals surface area contributed by atoms with Crippen LogP contribution in [0.15, 0.2) is 0 Å². The van der Waals surface area contributed by atoms with Crippen molar-refractivity contribution >= 4 is 0 Å². The highest BCUT2D eigenvalue weighted by molar-refractivity contribution is 4.80. The first-order valence-corrected chi connectivity index (χ1v) is 7.75. The van der Waals surface area contributed by atoms with Gasteiger partial charge < -0.3 is 15.4 Å². The molecule has 18 heavy (non-hydrogen) atoms. The van der Waals surface area contributed by atoms with Crippen LogP contribution in [-0.4, -0.2) is 38.9 Å². The summed E-state index contributed by atoms with van der Waals surface area (Å²) in [6.45, 7) is 12.1. The maximum Gasteiger partial charge on any atom is 0.0580 e. The molecule has 1 rings (SSSR count). The van der Waals surface area contributed by atoms with E-state index in [4.69, 9.17) is 4.74 Å². The molecule has 0 bridgehead atoms. The average molecular weight is 256 g/mol. The average Bonchev–Trinajstić information content (AvgIpc) is 2.28. The van der Waals surface area contributed by atoms with Crippen LogP contribution in [-0.2, 0) is 4.74 Å². The van der Waals surface area contributed by atoms with Gasteiger partial charge in [0.2, 0.25) is 0 Å². The van der Waals surface area contributed by atoms with E-state index in [1.165, 1.54) is 32.2 Å². The largest absolute Gasteiger partial charge is 0.378 e.